The number of esters is 1. The van der Waals surface area contributed by atoms with Crippen LogP contribution in [0.5, 0.6) is 0 Å². The Hall–Kier alpha value is -2.33. The van der Waals surface area contributed by atoms with Crippen molar-refractivity contribution in [3.05, 3.63) is 70.2 Å². The first-order valence-electron chi connectivity index (χ1n) is 5.87. The van der Waals surface area contributed by atoms with Gasteiger partial charge in [0.15, 0.2) is 0 Å². The second kappa shape index (κ2) is 6.21. The Labute approximate surface area is 121 Å². The highest BCUT2D eigenvalue weighted by Gasteiger charge is 2.08. The molecule has 2 rings (SSSR count). The molecule has 0 aliphatic carbocycles. The SMILES string of the molecule is NC(=O)c1ccc(C(=O)OCc2cccc(Cl)c2)cc1. The minimum Gasteiger partial charge on any atom is -0.457 e. The fraction of sp³-hybridized carbons (Fsp3) is 0.0667. The Kier molecular flexibility index (Phi) is 4.38. The Bertz CT molecular complexity index is 638. The zero-order chi connectivity index (χ0) is 14.5. The number of hydrogen-bond donors (Lipinski definition) is 1. The first-order valence-corrected chi connectivity index (χ1v) is 6.25. The van der Waals surface area contributed by atoms with E-state index in [1.807, 2.05) is 6.07 Å². The Morgan fingerprint density at radius 1 is 1.05 bits per heavy atom. The summed E-state index contributed by atoms with van der Waals surface area (Å²) < 4.78 is 5.16. The van der Waals surface area contributed by atoms with E-state index in [1.54, 1.807) is 18.2 Å². The number of nitrogens with two attached hydrogens (primary N) is 1. The van der Waals surface area contributed by atoms with Crippen LogP contribution >= 0.6 is 11.6 Å². The Balaban J connectivity index is 1.99. The van der Waals surface area contributed by atoms with Gasteiger partial charge in [0, 0.05) is 10.6 Å². The second-order valence-corrected chi connectivity index (χ2v) is 4.58. The number of carbonyl (C=O) groups is 2. The zero-order valence-corrected chi connectivity index (χ0v) is 11.3. The standard InChI is InChI=1S/C15H12ClNO3/c16-13-3-1-2-10(8-13)9-20-15(19)12-6-4-11(5-7-12)14(17)18/h1-8H,9H2,(H2,17,18). The Morgan fingerprint density at radius 2 is 1.70 bits per heavy atom. The van der Waals surface area contributed by atoms with Crippen molar-refractivity contribution in [1.82, 2.24) is 0 Å². The molecule has 0 spiro atoms. The van der Waals surface area contributed by atoms with Gasteiger partial charge in [-0.3, -0.25) is 4.79 Å². The van der Waals surface area contributed by atoms with E-state index in [4.69, 9.17) is 22.1 Å². The summed E-state index contributed by atoms with van der Waals surface area (Å²) in [6.07, 6.45) is 0. The molecule has 20 heavy (non-hydrogen) atoms. The number of primary amides is 1. The average molecular weight is 290 g/mol. The van der Waals surface area contributed by atoms with Crippen molar-refractivity contribution in [3.8, 4) is 0 Å². The van der Waals surface area contributed by atoms with Crippen LogP contribution in [0.15, 0.2) is 48.5 Å². The molecule has 2 N–H and O–H groups in total. The largest absolute Gasteiger partial charge is 0.457 e. The second-order valence-electron chi connectivity index (χ2n) is 4.15. The van der Waals surface area contributed by atoms with Crippen LogP contribution in [0.2, 0.25) is 5.02 Å². The summed E-state index contributed by atoms with van der Waals surface area (Å²) in [5.41, 5.74) is 6.63. The highest BCUT2D eigenvalue weighted by molar-refractivity contribution is 6.30. The van der Waals surface area contributed by atoms with Gasteiger partial charge in [-0.1, -0.05) is 23.7 Å². The summed E-state index contributed by atoms with van der Waals surface area (Å²) >= 11 is 5.84. The van der Waals surface area contributed by atoms with Crippen LogP contribution in [0.3, 0.4) is 0 Å². The van der Waals surface area contributed by atoms with Gasteiger partial charge in [-0.15, -0.1) is 0 Å². The van der Waals surface area contributed by atoms with Gasteiger partial charge in [0.05, 0.1) is 5.56 Å². The van der Waals surface area contributed by atoms with Gasteiger partial charge in [0.2, 0.25) is 5.91 Å². The number of hydrogen-bond acceptors (Lipinski definition) is 3. The maximum absolute atomic E-state index is 11.8. The molecule has 4 nitrogen and oxygen atoms in total. The predicted molar refractivity (Wildman–Crippen MR) is 75.5 cm³/mol. The van der Waals surface area contributed by atoms with Crippen molar-refractivity contribution < 1.29 is 14.3 Å². The summed E-state index contributed by atoms with van der Waals surface area (Å²) in [7, 11) is 0. The molecule has 2 aromatic carbocycles. The van der Waals surface area contributed by atoms with Crippen LogP contribution < -0.4 is 5.73 Å². The monoisotopic (exact) mass is 289 g/mol. The highest BCUT2D eigenvalue weighted by Crippen LogP contribution is 2.13. The van der Waals surface area contributed by atoms with E-state index in [0.717, 1.165) is 5.56 Å². The molecule has 0 fully saturated rings. The molecular formula is C15H12ClNO3. The van der Waals surface area contributed by atoms with Crippen molar-refractivity contribution in [1.29, 1.82) is 0 Å². The van der Waals surface area contributed by atoms with Crippen molar-refractivity contribution in [2.75, 3.05) is 0 Å². The number of amides is 1. The maximum Gasteiger partial charge on any atom is 0.338 e. The fourth-order valence-electron chi connectivity index (χ4n) is 1.63. The predicted octanol–water partition coefficient (Wildman–Crippen LogP) is 2.80. The van der Waals surface area contributed by atoms with Gasteiger partial charge >= 0.3 is 5.97 Å². The van der Waals surface area contributed by atoms with Crippen LogP contribution in [-0.4, -0.2) is 11.9 Å². The number of benzene rings is 2. The average Bonchev–Trinajstić information content (AvgIpc) is 2.45. The van der Waals surface area contributed by atoms with Crippen molar-refractivity contribution >= 4 is 23.5 Å². The lowest BCUT2D eigenvalue weighted by Gasteiger charge is -2.05. The normalized spacial score (nSPS) is 10.1. The van der Waals surface area contributed by atoms with E-state index in [0.29, 0.717) is 16.1 Å². The molecular weight excluding hydrogens is 278 g/mol. The first-order chi connectivity index (χ1) is 9.56. The molecule has 2 aromatic rings. The molecule has 5 heteroatoms. The molecule has 0 saturated carbocycles. The van der Waals surface area contributed by atoms with Gasteiger partial charge in [0.25, 0.3) is 0 Å². The van der Waals surface area contributed by atoms with Crippen LogP contribution in [0.25, 0.3) is 0 Å². The van der Waals surface area contributed by atoms with E-state index in [1.165, 1.54) is 24.3 Å². The Morgan fingerprint density at radius 3 is 2.30 bits per heavy atom. The summed E-state index contributed by atoms with van der Waals surface area (Å²) in [6, 6.07) is 13.0. The van der Waals surface area contributed by atoms with Crippen LogP contribution in [-0.2, 0) is 11.3 Å². The van der Waals surface area contributed by atoms with E-state index >= 15 is 0 Å². The number of halogens is 1. The molecule has 0 aliphatic heterocycles. The van der Waals surface area contributed by atoms with E-state index in [9.17, 15) is 9.59 Å². The summed E-state index contributed by atoms with van der Waals surface area (Å²) in [5, 5.41) is 0.587. The van der Waals surface area contributed by atoms with Gasteiger partial charge in [0.1, 0.15) is 6.61 Å². The third-order valence-electron chi connectivity index (χ3n) is 2.66. The zero-order valence-electron chi connectivity index (χ0n) is 10.5. The molecule has 0 saturated heterocycles. The minimum atomic E-state index is -0.538. The summed E-state index contributed by atoms with van der Waals surface area (Å²) in [6.45, 7) is 0.136. The third-order valence-corrected chi connectivity index (χ3v) is 2.90. The quantitative estimate of drug-likeness (QED) is 0.880. The maximum atomic E-state index is 11.8. The van der Waals surface area contributed by atoms with Crippen molar-refractivity contribution in [2.45, 2.75) is 6.61 Å². The molecule has 0 aliphatic rings. The first kappa shape index (κ1) is 14.1. The third kappa shape index (κ3) is 3.59. The molecule has 0 bridgehead atoms. The highest BCUT2D eigenvalue weighted by atomic mass is 35.5. The summed E-state index contributed by atoms with van der Waals surface area (Å²) in [4.78, 5) is 22.7. The molecule has 1 amide bonds. The van der Waals surface area contributed by atoms with Gasteiger partial charge in [-0.2, -0.15) is 0 Å². The summed E-state index contributed by atoms with van der Waals surface area (Å²) in [5.74, 6) is -1.01. The van der Waals surface area contributed by atoms with Gasteiger partial charge in [-0.25, -0.2) is 4.79 Å². The number of carbonyl (C=O) groups excluding carboxylic acids is 2. The smallest absolute Gasteiger partial charge is 0.338 e. The molecule has 0 aromatic heterocycles. The molecule has 102 valence electrons. The number of ether oxygens (including phenoxy) is 1. The van der Waals surface area contributed by atoms with E-state index in [2.05, 4.69) is 0 Å². The van der Waals surface area contributed by atoms with Crippen molar-refractivity contribution in [3.63, 3.8) is 0 Å². The molecule has 0 unspecified atom stereocenters. The molecule has 0 radical (unpaired) electrons. The lowest BCUT2D eigenvalue weighted by atomic mass is 10.1. The fourth-order valence-corrected chi connectivity index (χ4v) is 1.84. The lowest BCUT2D eigenvalue weighted by molar-refractivity contribution is 0.0472. The topological polar surface area (TPSA) is 69.4 Å². The van der Waals surface area contributed by atoms with Crippen molar-refractivity contribution in [2.24, 2.45) is 5.73 Å². The van der Waals surface area contributed by atoms with E-state index in [-0.39, 0.29) is 6.61 Å². The van der Waals surface area contributed by atoms with Crippen LogP contribution in [0.4, 0.5) is 0 Å². The molecule has 0 heterocycles. The van der Waals surface area contributed by atoms with Gasteiger partial charge in [-0.05, 0) is 42.0 Å². The van der Waals surface area contributed by atoms with E-state index < -0.39 is 11.9 Å². The minimum absolute atomic E-state index is 0.136. The molecule has 0 atom stereocenters. The van der Waals surface area contributed by atoms with Crippen LogP contribution in [0.1, 0.15) is 26.3 Å². The number of rotatable bonds is 4. The van der Waals surface area contributed by atoms with Gasteiger partial charge < -0.3 is 10.5 Å². The lowest BCUT2D eigenvalue weighted by Crippen LogP contribution is -2.11. The van der Waals surface area contributed by atoms with Crippen LogP contribution in [0, 0.1) is 0 Å².